The Balaban J connectivity index is 1.36. The van der Waals surface area contributed by atoms with E-state index >= 15 is 0 Å². The second kappa shape index (κ2) is 8.25. The topological polar surface area (TPSA) is 110 Å². The Kier molecular flexibility index (Phi) is 5.57. The molecule has 3 aromatic heterocycles. The molecule has 0 aromatic carbocycles. The van der Waals surface area contributed by atoms with Crippen LogP contribution in [0.4, 0.5) is 0 Å². The lowest BCUT2D eigenvalue weighted by Gasteiger charge is -2.05. The van der Waals surface area contributed by atoms with Crippen molar-refractivity contribution < 1.29 is 18.5 Å². The van der Waals surface area contributed by atoms with Crippen molar-refractivity contribution in [2.24, 2.45) is 0 Å². The number of aromatic nitrogens is 2. The van der Waals surface area contributed by atoms with Gasteiger partial charge in [0.05, 0.1) is 19.4 Å². The van der Waals surface area contributed by atoms with E-state index < -0.39 is 0 Å². The Bertz CT molecular complexity index is 811. The maximum absolute atomic E-state index is 11.8. The van der Waals surface area contributed by atoms with Gasteiger partial charge in [0.25, 0.3) is 0 Å². The Morgan fingerprint density at radius 2 is 2.12 bits per heavy atom. The number of carbonyl (C=O) groups is 2. The number of carbonyl (C=O) groups excluding carboxylic acids is 2. The van der Waals surface area contributed by atoms with Gasteiger partial charge in [0.1, 0.15) is 5.76 Å². The molecule has 25 heavy (non-hydrogen) atoms. The molecule has 0 saturated carbocycles. The molecule has 0 bridgehead atoms. The first-order chi connectivity index (χ1) is 12.2. The Labute approximate surface area is 147 Å². The fourth-order valence-electron chi connectivity index (χ4n) is 2.01. The third-order valence-electron chi connectivity index (χ3n) is 3.30. The highest BCUT2D eigenvalue weighted by atomic mass is 32.1. The van der Waals surface area contributed by atoms with Crippen molar-refractivity contribution in [3.8, 4) is 11.4 Å². The number of nitrogens with one attached hydrogen (secondary N) is 2. The summed E-state index contributed by atoms with van der Waals surface area (Å²) in [5.74, 6) is 0.996. The first-order valence-corrected chi connectivity index (χ1v) is 8.56. The molecule has 0 aliphatic heterocycles. The Morgan fingerprint density at radius 3 is 2.88 bits per heavy atom. The van der Waals surface area contributed by atoms with Gasteiger partial charge < -0.3 is 19.6 Å². The standard InChI is InChI=1S/C16H16N4O4S/c21-13(18-9-14(22)17-8-12-2-1-6-23-12)3-4-15-19-16(20-24-15)11-5-7-25-10-11/h1-2,5-7,10H,3-4,8-9H2,(H,17,22)(H,18,21). The van der Waals surface area contributed by atoms with Gasteiger partial charge in [0.2, 0.25) is 23.5 Å². The molecule has 130 valence electrons. The number of aryl methyl sites for hydroxylation is 1. The van der Waals surface area contributed by atoms with Crippen molar-refractivity contribution in [2.75, 3.05) is 6.54 Å². The number of thiophene rings is 1. The lowest BCUT2D eigenvalue weighted by molar-refractivity contribution is -0.126. The van der Waals surface area contributed by atoms with Crippen molar-refractivity contribution >= 4 is 23.2 Å². The molecule has 3 heterocycles. The molecule has 0 spiro atoms. The predicted octanol–water partition coefficient (Wildman–Crippen LogP) is 1.76. The average molecular weight is 360 g/mol. The predicted molar refractivity (Wildman–Crippen MR) is 89.5 cm³/mol. The van der Waals surface area contributed by atoms with Gasteiger partial charge in [-0.25, -0.2) is 0 Å². The highest BCUT2D eigenvalue weighted by Gasteiger charge is 2.11. The van der Waals surface area contributed by atoms with Crippen LogP contribution in [0.3, 0.4) is 0 Å². The fraction of sp³-hybridized carbons (Fsp3) is 0.250. The number of nitrogens with zero attached hydrogens (tertiary/aromatic N) is 2. The van der Waals surface area contributed by atoms with E-state index in [9.17, 15) is 9.59 Å². The van der Waals surface area contributed by atoms with Crippen LogP contribution in [0.15, 0.2) is 44.2 Å². The van der Waals surface area contributed by atoms with Crippen LogP contribution in [-0.2, 0) is 22.6 Å². The van der Waals surface area contributed by atoms with Crippen LogP contribution in [-0.4, -0.2) is 28.5 Å². The molecular weight excluding hydrogens is 344 g/mol. The molecule has 0 aliphatic rings. The highest BCUT2D eigenvalue weighted by Crippen LogP contribution is 2.18. The molecule has 0 unspecified atom stereocenters. The summed E-state index contributed by atoms with van der Waals surface area (Å²) in [4.78, 5) is 27.7. The second-order valence-corrected chi connectivity index (χ2v) is 5.94. The summed E-state index contributed by atoms with van der Waals surface area (Å²) in [6, 6.07) is 5.39. The largest absolute Gasteiger partial charge is 0.467 e. The minimum absolute atomic E-state index is 0.0937. The monoisotopic (exact) mass is 360 g/mol. The van der Waals surface area contributed by atoms with E-state index in [4.69, 9.17) is 8.94 Å². The summed E-state index contributed by atoms with van der Waals surface area (Å²) >= 11 is 1.54. The van der Waals surface area contributed by atoms with E-state index in [0.29, 0.717) is 23.9 Å². The van der Waals surface area contributed by atoms with Crippen molar-refractivity contribution in [2.45, 2.75) is 19.4 Å². The van der Waals surface area contributed by atoms with Crippen molar-refractivity contribution in [1.29, 1.82) is 0 Å². The van der Waals surface area contributed by atoms with Crippen molar-refractivity contribution in [3.63, 3.8) is 0 Å². The zero-order valence-corrected chi connectivity index (χ0v) is 14.0. The van der Waals surface area contributed by atoms with Gasteiger partial charge in [0, 0.05) is 23.8 Å². The number of amides is 2. The number of furan rings is 1. The zero-order valence-electron chi connectivity index (χ0n) is 13.2. The van der Waals surface area contributed by atoms with Crippen LogP contribution in [0.2, 0.25) is 0 Å². The van der Waals surface area contributed by atoms with Crippen LogP contribution in [0.25, 0.3) is 11.4 Å². The Hall–Kier alpha value is -2.94. The maximum atomic E-state index is 11.8. The summed E-state index contributed by atoms with van der Waals surface area (Å²) in [6.07, 6.45) is 2.01. The molecule has 3 rings (SSSR count). The molecule has 0 saturated heterocycles. The second-order valence-electron chi connectivity index (χ2n) is 5.16. The molecule has 2 amide bonds. The maximum Gasteiger partial charge on any atom is 0.239 e. The number of hydrogen-bond donors (Lipinski definition) is 2. The molecule has 3 aromatic rings. The molecule has 9 heteroatoms. The van der Waals surface area contributed by atoms with Gasteiger partial charge in [-0.05, 0) is 23.6 Å². The van der Waals surface area contributed by atoms with Crippen LogP contribution < -0.4 is 10.6 Å². The normalized spacial score (nSPS) is 10.6. The lowest BCUT2D eigenvalue weighted by Crippen LogP contribution is -2.36. The number of rotatable bonds is 8. The molecular formula is C16H16N4O4S. The van der Waals surface area contributed by atoms with Gasteiger partial charge >= 0.3 is 0 Å². The summed E-state index contributed by atoms with van der Waals surface area (Å²) in [5.41, 5.74) is 0.887. The molecule has 0 aliphatic carbocycles. The van der Waals surface area contributed by atoms with Crippen LogP contribution >= 0.6 is 11.3 Å². The van der Waals surface area contributed by atoms with Gasteiger partial charge in [-0.2, -0.15) is 16.3 Å². The molecule has 0 fully saturated rings. The van der Waals surface area contributed by atoms with Crippen LogP contribution in [0.1, 0.15) is 18.1 Å². The minimum atomic E-state index is -0.290. The molecule has 0 radical (unpaired) electrons. The van der Waals surface area contributed by atoms with E-state index in [2.05, 4.69) is 20.8 Å². The number of hydrogen-bond acceptors (Lipinski definition) is 7. The summed E-state index contributed by atoms with van der Waals surface area (Å²) < 4.78 is 10.2. The molecule has 0 atom stereocenters. The third-order valence-corrected chi connectivity index (χ3v) is 3.98. The summed E-state index contributed by atoms with van der Waals surface area (Å²) in [6.45, 7) is 0.193. The SMILES string of the molecule is O=C(CCc1nc(-c2ccsc2)no1)NCC(=O)NCc1ccco1. The summed E-state index contributed by atoms with van der Waals surface area (Å²) in [5, 5.41) is 12.9. The van der Waals surface area contributed by atoms with E-state index in [1.165, 1.54) is 6.26 Å². The minimum Gasteiger partial charge on any atom is -0.467 e. The lowest BCUT2D eigenvalue weighted by atomic mass is 10.3. The van der Waals surface area contributed by atoms with E-state index in [1.807, 2.05) is 16.8 Å². The van der Waals surface area contributed by atoms with E-state index in [-0.39, 0.29) is 31.3 Å². The van der Waals surface area contributed by atoms with E-state index in [1.54, 1.807) is 23.5 Å². The molecule has 2 N–H and O–H groups in total. The fourth-order valence-corrected chi connectivity index (χ4v) is 2.65. The quantitative estimate of drug-likeness (QED) is 0.633. The first-order valence-electron chi connectivity index (χ1n) is 7.61. The van der Waals surface area contributed by atoms with Gasteiger partial charge in [-0.15, -0.1) is 0 Å². The van der Waals surface area contributed by atoms with Crippen molar-refractivity contribution in [1.82, 2.24) is 20.8 Å². The van der Waals surface area contributed by atoms with Gasteiger partial charge in [0.15, 0.2) is 0 Å². The van der Waals surface area contributed by atoms with Crippen LogP contribution in [0, 0.1) is 0 Å². The zero-order chi connectivity index (χ0) is 17.5. The van der Waals surface area contributed by atoms with Crippen molar-refractivity contribution in [3.05, 3.63) is 46.9 Å². The highest BCUT2D eigenvalue weighted by molar-refractivity contribution is 7.08. The first kappa shape index (κ1) is 16.9. The smallest absolute Gasteiger partial charge is 0.239 e. The summed E-state index contributed by atoms with van der Waals surface area (Å²) in [7, 11) is 0. The molecule has 8 nitrogen and oxygen atoms in total. The Morgan fingerprint density at radius 1 is 1.20 bits per heavy atom. The average Bonchev–Trinajstić information content (AvgIpc) is 3.37. The van der Waals surface area contributed by atoms with Gasteiger partial charge in [-0.1, -0.05) is 5.16 Å². The third kappa shape index (κ3) is 5.01. The van der Waals surface area contributed by atoms with Gasteiger partial charge in [-0.3, -0.25) is 9.59 Å². The van der Waals surface area contributed by atoms with Crippen LogP contribution in [0.5, 0.6) is 0 Å². The van der Waals surface area contributed by atoms with E-state index in [0.717, 1.165) is 5.56 Å².